The minimum atomic E-state index is 0.440. The highest BCUT2D eigenvalue weighted by molar-refractivity contribution is 5.74. The molecule has 2 rings (SSSR count). The molecule has 3 nitrogen and oxygen atoms in total. The zero-order valence-corrected chi connectivity index (χ0v) is 8.58. The van der Waals surface area contributed by atoms with E-state index in [1.165, 1.54) is 0 Å². The lowest BCUT2D eigenvalue weighted by Gasteiger charge is -1.96. The van der Waals surface area contributed by atoms with E-state index in [-0.39, 0.29) is 0 Å². The molecule has 2 aromatic rings. The summed E-state index contributed by atoms with van der Waals surface area (Å²) in [5, 5.41) is 2.96. The number of nitroso groups, excluding NO2 is 1. The van der Waals surface area contributed by atoms with E-state index in [0.717, 1.165) is 11.3 Å². The second-order valence-corrected chi connectivity index (χ2v) is 3.24. The quantitative estimate of drug-likeness (QED) is 0.725. The van der Waals surface area contributed by atoms with Gasteiger partial charge in [0.05, 0.1) is 5.69 Å². The van der Waals surface area contributed by atoms with Gasteiger partial charge in [0.2, 0.25) is 0 Å². The minimum absolute atomic E-state index is 0.440. The maximum Gasteiger partial charge on any atom is 0.115 e. The lowest BCUT2D eigenvalue weighted by molar-refractivity contribution is 1.30. The van der Waals surface area contributed by atoms with E-state index in [1.807, 2.05) is 42.5 Å². The number of pyridine rings is 1. The minimum Gasteiger partial charge on any atom is -0.257 e. The summed E-state index contributed by atoms with van der Waals surface area (Å²) in [5.41, 5.74) is 2.08. The topological polar surface area (TPSA) is 42.3 Å². The fourth-order valence-corrected chi connectivity index (χ4v) is 1.36. The van der Waals surface area contributed by atoms with Crippen molar-refractivity contribution in [2.24, 2.45) is 5.18 Å². The molecule has 1 heterocycles. The lowest BCUT2D eigenvalue weighted by atomic mass is 10.1. The summed E-state index contributed by atoms with van der Waals surface area (Å²) in [5.74, 6) is 0. The number of benzene rings is 1. The first-order valence-electron chi connectivity index (χ1n) is 4.91. The van der Waals surface area contributed by atoms with E-state index in [0.29, 0.717) is 5.69 Å². The van der Waals surface area contributed by atoms with E-state index in [9.17, 15) is 4.91 Å². The average Bonchev–Trinajstić information content (AvgIpc) is 2.38. The monoisotopic (exact) mass is 210 g/mol. The highest BCUT2D eigenvalue weighted by atomic mass is 16.3. The van der Waals surface area contributed by atoms with Crippen LogP contribution in [0.4, 0.5) is 5.69 Å². The van der Waals surface area contributed by atoms with Crippen LogP contribution in [0.15, 0.2) is 53.8 Å². The van der Waals surface area contributed by atoms with E-state index in [2.05, 4.69) is 10.2 Å². The molecule has 0 saturated heterocycles. The molecular formula is C13H10N2O. The summed E-state index contributed by atoms with van der Waals surface area (Å²) in [7, 11) is 0. The average molecular weight is 210 g/mol. The standard InChI is InChI=1S/C13H10N2O/c16-15-13-7-2-1-5-11(13)8-9-12-6-3-4-10-14-12/h1-10H/b9-8+. The van der Waals surface area contributed by atoms with Crippen molar-refractivity contribution in [3.63, 3.8) is 0 Å². The van der Waals surface area contributed by atoms with Crippen molar-refractivity contribution in [3.05, 3.63) is 64.8 Å². The Morgan fingerprint density at radius 2 is 1.81 bits per heavy atom. The van der Waals surface area contributed by atoms with Gasteiger partial charge in [-0.2, -0.15) is 0 Å². The summed E-state index contributed by atoms with van der Waals surface area (Å²) < 4.78 is 0. The fourth-order valence-electron chi connectivity index (χ4n) is 1.36. The highest BCUT2D eigenvalue weighted by Crippen LogP contribution is 2.20. The van der Waals surface area contributed by atoms with Crippen LogP contribution >= 0.6 is 0 Å². The van der Waals surface area contributed by atoms with Gasteiger partial charge in [0, 0.05) is 11.8 Å². The number of nitrogens with zero attached hydrogens (tertiary/aromatic N) is 2. The predicted octanol–water partition coefficient (Wildman–Crippen LogP) is 3.65. The zero-order valence-electron chi connectivity index (χ0n) is 8.58. The number of rotatable bonds is 3. The zero-order chi connectivity index (χ0) is 11.2. The van der Waals surface area contributed by atoms with E-state index in [1.54, 1.807) is 18.3 Å². The Morgan fingerprint density at radius 3 is 2.56 bits per heavy atom. The molecule has 0 unspecified atom stereocenters. The molecule has 0 N–H and O–H groups in total. The largest absolute Gasteiger partial charge is 0.257 e. The van der Waals surface area contributed by atoms with Crippen LogP contribution < -0.4 is 0 Å². The molecule has 0 atom stereocenters. The third-order valence-electron chi connectivity index (χ3n) is 2.16. The van der Waals surface area contributed by atoms with Gasteiger partial charge in [0.1, 0.15) is 5.69 Å². The first kappa shape index (κ1) is 10.2. The molecular weight excluding hydrogens is 200 g/mol. The third kappa shape index (κ3) is 2.39. The SMILES string of the molecule is O=Nc1ccccc1/C=C/c1ccccn1. The van der Waals surface area contributed by atoms with Gasteiger partial charge in [-0.3, -0.25) is 4.98 Å². The number of hydrogen-bond donors (Lipinski definition) is 0. The smallest absolute Gasteiger partial charge is 0.115 e. The van der Waals surface area contributed by atoms with Gasteiger partial charge < -0.3 is 0 Å². The predicted molar refractivity (Wildman–Crippen MR) is 65.1 cm³/mol. The molecule has 0 aliphatic heterocycles. The van der Waals surface area contributed by atoms with Crippen LogP contribution in [-0.4, -0.2) is 4.98 Å². The first-order chi connectivity index (χ1) is 7.90. The Morgan fingerprint density at radius 1 is 1.00 bits per heavy atom. The molecule has 1 aromatic heterocycles. The highest BCUT2D eigenvalue weighted by Gasteiger charge is 1.96. The van der Waals surface area contributed by atoms with Gasteiger partial charge in [-0.1, -0.05) is 30.3 Å². The van der Waals surface area contributed by atoms with Crippen LogP contribution in [0.25, 0.3) is 12.2 Å². The van der Waals surface area contributed by atoms with E-state index >= 15 is 0 Å². The molecule has 0 saturated carbocycles. The summed E-state index contributed by atoms with van der Waals surface area (Å²) in [6, 6.07) is 12.9. The van der Waals surface area contributed by atoms with Crippen LogP contribution in [0.3, 0.4) is 0 Å². The maximum absolute atomic E-state index is 10.5. The van der Waals surface area contributed by atoms with Gasteiger partial charge in [-0.05, 0) is 29.5 Å². The molecule has 16 heavy (non-hydrogen) atoms. The van der Waals surface area contributed by atoms with Gasteiger partial charge in [0.25, 0.3) is 0 Å². The molecule has 3 heteroatoms. The van der Waals surface area contributed by atoms with E-state index in [4.69, 9.17) is 0 Å². The Bertz CT molecular complexity index is 506. The van der Waals surface area contributed by atoms with E-state index < -0.39 is 0 Å². The molecule has 0 aliphatic carbocycles. The normalized spacial score (nSPS) is 10.5. The van der Waals surface area contributed by atoms with Gasteiger partial charge in [0.15, 0.2) is 0 Å². The maximum atomic E-state index is 10.5. The first-order valence-corrected chi connectivity index (χ1v) is 4.91. The second kappa shape index (κ2) is 4.98. The van der Waals surface area contributed by atoms with Gasteiger partial charge in [-0.15, -0.1) is 4.91 Å². The van der Waals surface area contributed by atoms with Crippen molar-refractivity contribution in [3.8, 4) is 0 Å². The van der Waals surface area contributed by atoms with Gasteiger partial charge in [-0.25, -0.2) is 0 Å². The molecule has 1 aromatic carbocycles. The second-order valence-electron chi connectivity index (χ2n) is 3.24. The molecule has 0 fully saturated rings. The molecule has 0 bridgehead atoms. The molecule has 0 radical (unpaired) electrons. The number of aromatic nitrogens is 1. The van der Waals surface area contributed by atoms with Crippen molar-refractivity contribution >= 4 is 17.8 Å². The molecule has 0 aliphatic rings. The van der Waals surface area contributed by atoms with Crippen LogP contribution in [-0.2, 0) is 0 Å². The summed E-state index contributed by atoms with van der Waals surface area (Å²) in [6.07, 6.45) is 5.41. The van der Waals surface area contributed by atoms with Crippen molar-refractivity contribution < 1.29 is 0 Å². The van der Waals surface area contributed by atoms with Crippen molar-refractivity contribution in [2.75, 3.05) is 0 Å². The van der Waals surface area contributed by atoms with Crippen LogP contribution in [0.2, 0.25) is 0 Å². The summed E-state index contributed by atoms with van der Waals surface area (Å²) >= 11 is 0. The van der Waals surface area contributed by atoms with Crippen LogP contribution in [0.5, 0.6) is 0 Å². The Balaban J connectivity index is 2.27. The fraction of sp³-hybridized carbons (Fsp3) is 0. The van der Waals surface area contributed by atoms with Crippen molar-refractivity contribution in [1.29, 1.82) is 0 Å². The number of hydrogen-bond acceptors (Lipinski definition) is 3. The lowest BCUT2D eigenvalue weighted by Crippen LogP contribution is -1.77. The Kier molecular flexibility index (Phi) is 3.18. The van der Waals surface area contributed by atoms with Crippen molar-refractivity contribution in [1.82, 2.24) is 4.98 Å². The molecule has 0 spiro atoms. The van der Waals surface area contributed by atoms with Crippen LogP contribution in [0.1, 0.15) is 11.3 Å². The van der Waals surface area contributed by atoms with Crippen molar-refractivity contribution in [2.45, 2.75) is 0 Å². The summed E-state index contributed by atoms with van der Waals surface area (Å²) in [4.78, 5) is 14.7. The molecule has 78 valence electrons. The Hall–Kier alpha value is -2.29. The van der Waals surface area contributed by atoms with Gasteiger partial charge >= 0.3 is 0 Å². The Labute approximate surface area is 93.4 Å². The summed E-state index contributed by atoms with van der Waals surface area (Å²) in [6.45, 7) is 0. The molecule has 0 amide bonds. The third-order valence-corrected chi connectivity index (χ3v) is 2.16. The van der Waals surface area contributed by atoms with Crippen LogP contribution in [0, 0.1) is 4.91 Å².